The largest absolute Gasteiger partial charge is 0.397 e. The summed E-state index contributed by atoms with van der Waals surface area (Å²) in [7, 11) is 1.87. The van der Waals surface area contributed by atoms with Gasteiger partial charge in [-0.3, -0.25) is 4.79 Å². The molecular weight excluding hydrogens is 256 g/mol. The van der Waals surface area contributed by atoms with Crippen molar-refractivity contribution in [2.75, 3.05) is 19.3 Å². The van der Waals surface area contributed by atoms with E-state index in [4.69, 9.17) is 5.73 Å². The summed E-state index contributed by atoms with van der Waals surface area (Å²) in [5, 5.41) is 0.990. The lowest BCUT2D eigenvalue weighted by molar-refractivity contribution is 0.0793. The van der Waals surface area contributed by atoms with Crippen molar-refractivity contribution in [2.24, 2.45) is 11.8 Å². The van der Waals surface area contributed by atoms with Crippen molar-refractivity contribution in [1.29, 1.82) is 0 Å². The molecule has 2 aromatic rings. The van der Waals surface area contributed by atoms with Gasteiger partial charge in [-0.1, -0.05) is 25.1 Å². The number of nitrogens with zero attached hydrogens (tertiary/aromatic N) is 1. The molecule has 2 atom stereocenters. The molecule has 1 heterocycles. The van der Waals surface area contributed by atoms with Gasteiger partial charge in [0.05, 0.1) is 5.69 Å². The van der Waals surface area contributed by atoms with Crippen LogP contribution in [0.5, 0.6) is 0 Å². The summed E-state index contributed by atoms with van der Waals surface area (Å²) in [4.78, 5) is 15.0. The molecule has 0 aliphatic heterocycles. The second kappa shape index (κ2) is 4.53. The molecule has 0 spiro atoms. The Morgan fingerprint density at radius 1 is 1.47 bits per heavy atom. The zero-order valence-corrected chi connectivity index (χ0v) is 12.0. The van der Waals surface area contributed by atoms with Crippen LogP contribution in [0, 0.1) is 11.8 Å². The van der Waals surface area contributed by atoms with Crippen molar-refractivity contribution >= 4 is 33.0 Å². The number of fused-ring (bicyclic) bond motifs is 1. The first-order valence-electron chi connectivity index (χ1n) is 6.60. The summed E-state index contributed by atoms with van der Waals surface area (Å²) in [6.07, 6.45) is 1.24. The number of thiophene rings is 1. The normalized spacial score (nSPS) is 21.6. The van der Waals surface area contributed by atoms with Crippen LogP contribution in [-0.2, 0) is 0 Å². The molecule has 3 rings (SSSR count). The van der Waals surface area contributed by atoms with Crippen LogP contribution in [0.15, 0.2) is 24.3 Å². The number of hydrogen-bond acceptors (Lipinski definition) is 3. The van der Waals surface area contributed by atoms with Crippen molar-refractivity contribution in [3.8, 4) is 0 Å². The van der Waals surface area contributed by atoms with Crippen LogP contribution in [0.4, 0.5) is 5.69 Å². The second-order valence-electron chi connectivity index (χ2n) is 5.50. The monoisotopic (exact) mass is 274 g/mol. The fourth-order valence-corrected chi connectivity index (χ4v) is 3.60. The molecule has 0 bridgehead atoms. The number of amides is 1. The van der Waals surface area contributed by atoms with Crippen LogP contribution in [0.1, 0.15) is 23.0 Å². The van der Waals surface area contributed by atoms with Crippen LogP contribution in [0.3, 0.4) is 0 Å². The molecule has 2 N–H and O–H groups in total. The molecule has 1 amide bonds. The van der Waals surface area contributed by atoms with Gasteiger partial charge in [0.15, 0.2) is 0 Å². The third kappa shape index (κ3) is 2.21. The van der Waals surface area contributed by atoms with E-state index >= 15 is 0 Å². The molecule has 3 nitrogen and oxygen atoms in total. The SMILES string of the molecule is CC1CC1CN(C)C(=O)c1sc2ccccc2c1N. The molecule has 1 aliphatic rings. The van der Waals surface area contributed by atoms with Gasteiger partial charge >= 0.3 is 0 Å². The van der Waals surface area contributed by atoms with Gasteiger partial charge in [0.1, 0.15) is 4.88 Å². The zero-order valence-electron chi connectivity index (χ0n) is 11.2. The van der Waals surface area contributed by atoms with Gasteiger partial charge < -0.3 is 10.6 Å². The highest BCUT2D eigenvalue weighted by Crippen LogP contribution is 2.39. The maximum absolute atomic E-state index is 12.5. The maximum Gasteiger partial charge on any atom is 0.265 e. The molecule has 1 fully saturated rings. The summed E-state index contributed by atoms with van der Waals surface area (Å²) in [6.45, 7) is 3.07. The smallest absolute Gasteiger partial charge is 0.265 e. The standard InChI is InChI=1S/C15H18N2OS/c1-9-7-10(9)8-17(2)15(18)14-13(16)11-5-3-4-6-12(11)19-14/h3-6,9-10H,7-8,16H2,1-2H3. The number of nitrogen functional groups attached to an aromatic ring is 1. The molecule has 1 aromatic heterocycles. The number of benzene rings is 1. The van der Waals surface area contributed by atoms with Crippen molar-refractivity contribution in [3.05, 3.63) is 29.1 Å². The maximum atomic E-state index is 12.5. The molecule has 100 valence electrons. The van der Waals surface area contributed by atoms with E-state index in [1.807, 2.05) is 36.2 Å². The van der Waals surface area contributed by atoms with E-state index in [2.05, 4.69) is 6.92 Å². The van der Waals surface area contributed by atoms with Crippen LogP contribution in [-0.4, -0.2) is 24.4 Å². The molecule has 2 unspecified atom stereocenters. The van der Waals surface area contributed by atoms with E-state index in [0.717, 1.165) is 22.5 Å². The first-order valence-corrected chi connectivity index (χ1v) is 7.42. The Labute approximate surface area is 117 Å². The van der Waals surface area contributed by atoms with Gasteiger partial charge in [-0.15, -0.1) is 11.3 Å². The van der Waals surface area contributed by atoms with Crippen molar-refractivity contribution in [2.45, 2.75) is 13.3 Å². The third-order valence-electron chi connectivity index (χ3n) is 3.96. The predicted molar refractivity (Wildman–Crippen MR) is 80.5 cm³/mol. The zero-order chi connectivity index (χ0) is 13.6. The highest BCUT2D eigenvalue weighted by molar-refractivity contribution is 7.21. The second-order valence-corrected chi connectivity index (χ2v) is 6.55. The van der Waals surface area contributed by atoms with Crippen LogP contribution >= 0.6 is 11.3 Å². The molecule has 1 aliphatic carbocycles. The Morgan fingerprint density at radius 2 is 2.16 bits per heavy atom. The summed E-state index contributed by atoms with van der Waals surface area (Å²) < 4.78 is 1.08. The highest BCUT2D eigenvalue weighted by Gasteiger charge is 2.34. The molecule has 19 heavy (non-hydrogen) atoms. The third-order valence-corrected chi connectivity index (χ3v) is 5.13. The molecule has 1 aromatic carbocycles. The summed E-state index contributed by atoms with van der Waals surface area (Å²) in [5.41, 5.74) is 6.74. The van der Waals surface area contributed by atoms with Gasteiger partial charge in [-0.2, -0.15) is 0 Å². The average molecular weight is 274 g/mol. The molecule has 4 heteroatoms. The minimum absolute atomic E-state index is 0.0535. The van der Waals surface area contributed by atoms with Gasteiger partial charge in [0, 0.05) is 23.7 Å². The first-order chi connectivity index (χ1) is 9.08. The summed E-state index contributed by atoms with van der Waals surface area (Å²) in [6, 6.07) is 7.91. The van der Waals surface area contributed by atoms with Crippen molar-refractivity contribution in [3.63, 3.8) is 0 Å². The minimum Gasteiger partial charge on any atom is -0.397 e. The predicted octanol–water partition coefficient (Wildman–Crippen LogP) is 3.21. The molecule has 0 radical (unpaired) electrons. The average Bonchev–Trinajstić information content (AvgIpc) is 2.98. The van der Waals surface area contributed by atoms with E-state index in [-0.39, 0.29) is 5.91 Å². The van der Waals surface area contributed by atoms with Crippen LogP contribution < -0.4 is 5.73 Å². The van der Waals surface area contributed by atoms with E-state index in [9.17, 15) is 4.79 Å². The Morgan fingerprint density at radius 3 is 2.79 bits per heavy atom. The number of rotatable bonds is 3. The summed E-state index contributed by atoms with van der Waals surface area (Å²) >= 11 is 1.49. The minimum atomic E-state index is 0.0535. The van der Waals surface area contributed by atoms with Crippen LogP contribution in [0.2, 0.25) is 0 Å². The Balaban J connectivity index is 1.86. The molecule has 1 saturated carbocycles. The van der Waals surface area contributed by atoms with E-state index in [1.165, 1.54) is 17.8 Å². The molecular formula is C15H18N2OS. The van der Waals surface area contributed by atoms with E-state index < -0.39 is 0 Å². The Bertz CT molecular complexity index is 634. The highest BCUT2D eigenvalue weighted by atomic mass is 32.1. The number of carbonyl (C=O) groups excluding carboxylic acids is 1. The van der Waals surface area contributed by atoms with E-state index in [0.29, 0.717) is 16.5 Å². The van der Waals surface area contributed by atoms with Gasteiger partial charge in [-0.05, 0) is 24.3 Å². The number of hydrogen-bond donors (Lipinski definition) is 1. The lowest BCUT2D eigenvalue weighted by Gasteiger charge is -2.16. The first kappa shape index (κ1) is 12.5. The number of nitrogens with two attached hydrogens (primary N) is 1. The lowest BCUT2D eigenvalue weighted by atomic mass is 10.2. The Hall–Kier alpha value is -1.55. The quantitative estimate of drug-likeness (QED) is 0.934. The fraction of sp³-hybridized carbons (Fsp3) is 0.400. The fourth-order valence-electron chi connectivity index (χ4n) is 2.49. The number of anilines is 1. The number of carbonyl (C=O) groups is 1. The summed E-state index contributed by atoms with van der Waals surface area (Å²) in [5.74, 6) is 1.48. The van der Waals surface area contributed by atoms with Gasteiger partial charge in [0.2, 0.25) is 0 Å². The van der Waals surface area contributed by atoms with Crippen molar-refractivity contribution < 1.29 is 4.79 Å². The van der Waals surface area contributed by atoms with Crippen molar-refractivity contribution in [1.82, 2.24) is 4.90 Å². The molecule has 0 saturated heterocycles. The lowest BCUT2D eigenvalue weighted by Crippen LogP contribution is -2.28. The van der Waals surface area contributed by atoms with Crippen LogP contribution in [0.25, 0.3) is 10.1 Å². The topological polar surface area (TPSA) is 46.3 Å². The Kier molecular flexibility index (Phi) is 2.97. The van der Waals surface area contributed by atoms with E-state index in [1.54, 1.807) is 0 Å². The van der Waals surface area contributed by atoms with Gasteiger partial charge in [0.25, 0.3) is 5.91 Å². The van der Waals surface area contributed by atoms with Gasteiger partial charge in [-0.25, -0.2) is 0 Å².